The summed E-state index contributed by atoms with van der Waals surface area (Å²) in [4.78, 5) is 0. The average Bonchev–Trinajstić information content (AvgIpc) is 2.57. The van der Waals surface area contributed by atoms with Crippen LogP contribution in [0, 0.1) is 0 Å². The van der Waals surface area contributed by atoms with E-state index in [1.807, 2.05) is 13.8 Å². The molecule has 0 unspecified atom stereocenters. The van der Waals surface area contributed by atoms with Gasteiger partial charge in [-0.25, -0.2) is 0 Å². The lowest BCUT2D eigenvalue weighted by Gasteiger charge is -2.25. The molecule has 68 valence electrons. The summed E-state index contributed by atoms with van der Waals surface area (Å²) in [5.41, 5.74) is 0.528. The lowest BCUT2D eigenvalue weighted by molar-refractivity contribution is 0.350. The second-order valence-corrected chi connectivity index (χ2v) is 3.02. The van der Waals surface area contributed by atoms with Crippen molar-refractivity contribution in [1.29, 1.82) is 0 Å². The van der Waals surface area contributed by atoms with Crippen LogP contribution in [0.4, 0.5) is 0 Å². The molecule has 1 saturated heterocycles. The van der Waals surface area contributed by atoms with Gasteiger partial charge in [0.2, 0.25) is 0 Å². The van der Waals surface area contributed by atoms with Crippen LogP contribution in [0.15, 0.2) is 0 Å². The van der Waals surface area contributed by atoms with E-state index >= 15 is 0 Å². The molecule has 0 spiro atoms. The third-order valence-electron chi connectivity index (χ3n) is 2.69. The van der Waals surface area contributed by atoms with Gasteiger partial charge in [-0.2, -0.15) is 0 Å². The van der Waals surface area contributed by atoms with Gasteiger partial charge < -0.3 is 5.32 Å². The fourth-order valence-corrected chi connectivity index (χ4v) is 1.72. The maximum atomic E-state index is 3.57. The van der Waals surface area contributed by atoms with E-state index in [9.17, 15) is 0 Å². The van der Waals surface area contributed by atoms with E-state index in [2.05, 4.69) is 19.2 Å². The van der Waals surface area contributed by atoms with Gasteiger partial charge in [-0.3, -0.25) is 0 Å². The Bertz CT molecular complexity index is 76.9. The van der Waals surface area contributed by atoms with Crippen molar-refractivity contribution in [3.63, 3.8) is 0 Å². The maximum Gasteiger partial charge on any atom is 0.0176 e. The van der Waals surface area contributed by atoms with E-state index in [0.29, 0.717) is 5.54 Å². The Kier molecular flexibility index (Phi) is 5.57. The summed E-state index contributed by atoms with van der Waals surface area (Å²) in [7, 11) is 0. The molecular formula is C10H23N. The molecule has 0 aromatic carbocycles. The van der Waals surface area contributed by atoms with E-state index in [0.717, 1.165) is 0 Å². The molecule has 1 heterocycles. The third-order valence-corrected chi connectivity index (χ3v) is 2.69. The minimum atomic E-state index is 0.528. The summed E-state index contributed by atoms with van der Waals surface area (Å²) in [6, 6.07) is 0. The second-order valence-electron chi connectivity index (χ2n) is 3.02. The highest BCUT2D eigenvalue weighted by Crippen LogP contribution is 2.25. The molecule has 1 fully saturated rings. The number of hydrogen-bond donors (Lipinski definition) is 1. The first-order valence-electron chi connectivity index (χ1n) is 5.08. The first-order valence-corrected chi connectivity index (χ1v) is 5.08. The number of rotatable bonds is 2. The first-order chi connectivity index (χ1) is 5.33. The fraction of sp³-hybridized carbons (Fsp3) is 1.00. The van der Waals surface area contributed by atoms with E-state index in [-0.39, 0.29) is 0 Å². The van der Waals surface area contributed by atoms with Crippen molar-refractivity contribution in [1.82, 2.24) is 5.32 Å². The SMILES string of the molecule is CC.CCC1(CC)CCCN1. The first kappa shape index (κ1) is 11.0. The molecule has 0 atom stereocenters. The zero-order valence-electron chi connectivity index (χ0n) is 8.54. The van der Waals surface area contributed by atoms with Crippen LogP contribution in [-0.4, -0.2) is 12.1 Å². The molecule has 1 aliphatic heterocycles. The molecule has 1 heteroatoms. The van der Waals surface area contributed by atoms with Gasteiger partial charge in [-0.05, 0) is 32.2 Å². The molecule has 11 heavy (non-hydrogen) atoms. The molecule has 0 aliphatic carbocycles. The minimum Gasteiger partial charge on any atom is -0.311 e. The summed E-state index contributed by atoms with van der Waals surface area (Å²) in [6.45, 7) is 9.80. The summed E-state index contributed by atoms with van der Waals surface area (Å²) in [5, 5.41) is 3.57. The monoisotopic (exact) mass is 157 g/mol. The molecule has 0 bridgehead atoms. The number of nitrogens with one attached hydrogen (secondary N) is 1. The normalized spacial score (nSPS) is 20.7. The van der Waals surface area contributed by atoms with E-state index in [1.165, 1.54) is 32.2 Å². The van der Waals surface area contributed by atoms with Crippen LogP contribution in [0.1, 0.15) is 53.4 Å². The van der Waals surface area contributed by atoms with Crippen molar-refractivity contribution < 1.29 is 0 Å². The molecule has 1 aliphatic rings. The van der Waals surface area contributed by atoms with Gasteiger partial charge in [0, 0.05) is 5.54 Å². The van der Waals surface area contributed by atoms with Crippen molar-refractivity contribution in [3.8, 4) is 0 Å². The van der Waals surface area contributed by atoms with Gasteiger partial charge in [0.25, 0.3) is 0 Å². The Morgan fingerprint density at radius 2 is 1.73 bits per heavy atom. The minimum absolute atomic E-state index is 0.528. The fourth-order valence-electron chi connectivity index (χ4n) is 1.72. The van der Waals surface area contributed by atoms with Gasteiger partial charge in [-0.15, -0.1) is 0 Å². The van der Waals surface area contributed by atoms with Crippen molar-refractivity contribution in [3.05, 3.63) is 0 Å². The van der Waals surface area contributed by atoms with Gasteiger partial charge >= 0.3 is 0 Å². The maximum absolute atomic E-state index is 3.57. The molecule has 1 N–H and O–H groups in total. The Morgan fingerprint density at radius 1 is 1.18 bits per heavy atom. The van der Waals surface area contributed by atoms with Crippen LogP contribution in [0.2, 0.25) is 0 Å². The lowest BCUT2D eigenvalue weighted by Crippen LogP contribution is -2.37. The molecule has 0 radical (unpaired) electrons. The van der Waals surface area contributed by atoms with Gasteiger partial charge in [0.1, 0.15) is 0 Å². The summed E-state index contributed by atoms with van der Waals surface area (Å²) >= 11 is 0. The highest BCUT2D eigenvalue weighted by Gasteiger charge is 2.28. The predicted molar refractivity (Wildman–Crippen MR) is 51.9 cm³/mol. The molecule has 1 rings (SSSR count). The summed E-state index contributed by atoms with van der Waals surface area (Å²) in [5.74, 6) is 0. The van der Waals surface area contributed by atoms with Crippen molar-refractivity contribution in [2.75, 3.05) is 6.54 Å². The number of hydrogen-bond acceptors (Lipinski definition) is 1. The Balaban J connectivity index is 0.000000461. The highest BCUT2D eigenvalue weighted by molar-refractivity contribution is 4.89. The van der Waals surface area contributed by atoms with E-state index in [4.69, 9.17) is 0 Å². The zero-order chi connectivity index (χ0) is 8.74. The Morgan fingerprint density at radius 3 is 1.91 bits per heavy atom. The van der Waals surface area contributed by atoms with Crippen molar-refractivity contribution >= 4 is 0 Å². The smallest absolute Gasteiger partial charge is 0.0176 e. The van der Waals surface area contributed by atoms with E-state index < -0.39 is 0 Å². The van der Waals surface area contributed by atoms with Crippen LogP contribution < -0.4 is 5.32 Å². The average molecular weight is 157 g/mol. The lowest BCUT2D eigenvalue weighted by atomic mass is 9.91. The molecule has 1 nitrogen and oxygen atoms in total. The topological polar surface area (TPSA) is 12.0 Å². The molecular weight excluding hydrogens is 134 g/mol. The van der Waals surface area contributed by atoms with Gasteiger partial charge in [0.05, 0.1) is 0 Å². The second kappa shape index (κ2) is 5.59. The summed E-state index contributed by atoms with van der Waals surface area (Å²) < 4.78 is 0. The van der Waals surface area contributed by atoms with E-state index in [1.54, 1.807) is 0 Å². The molecule has 0 saturated carbocycles. The van der Waals surface area contributed by atoms with Crippen molar-refractivity contribution in [2.24, 2.45) is 0 Å². The van der Waals surface area contributed by atoms with Crippen LogP contribution in [0.3, 0.4) is 0 Å². The van der Waals surface area contributed by atoms with Crippen LogP contribution >= 0.6 is 0 Å². The van der Waals surface area contributed by atoms with Gasteiger partial charge in [-0.1, -0.05) is 27.7 Å². The van der Waals surface area contributed by atoms with Gasteiger partial charge in [0.15, 0.2) is 0 Å². The Hall–Kier alpha value is -0.0400. The molecule has 0 amide bonds. The van der Waals surface area contributed by atoms with Crippen LogP contribution in [0.25, 0.3) is 0 Å². The largest absolute Gasteiger partial charge is 0.311 e. The summed E-state index contributed by atoms with van der Waals surface area (Å²) in [6.07, 6.45) is 5.36. The third kappa shape index (κ3) is 2.82. The highest BCUT2D eigenvalue weighted by atomic mass is 15.0. The van der Waals surface area contributed by atoms with Crippen LogP contribution in [-0.2, 0) is 0 Å². The predicted octanol–water partition coefficient (Wildman–Crippen LogP) is 2.95. The molecule has 0 aromatic heterocycles. The molecule has 0 aromatic rings. The Labute approximate surface area is 71.6 Å². The quantitative estimate of drug-likeness (QED) is 0.650. The standard InChI is InChI=1S/C8H17N.C2H6/c1-3-8(4-2)6-5-7-9-8;1-2/h9H,3-7H2,1-2H3;1-2H3. The van der Waals surface area contributed by atoms with Crippen molar-refractivity contribution in [2.45, 2.75) is 58.9 Å². The van der Waals surface area contributed by atoms with Crippen LogP contribution in [0.5, 0.6) is 0 Å². The zero-order valence-corrected chi connectivity index (χ0v) is 8.54.